The first-order valence-corrected chi connectivity index (χ1v) is 10.2. The minimum atomic E-state index is -1.33. The molecule has 0 unspecified atom stereocenters. The average Bonchev–Trinajstić information content (AvgIpc) is 3.48. The Balaban J connectivity index is 1.82. The van der Waals surface area contributed by atoms with Crippen LogP contribution in [0.1, 0.15) is 56.0 Å². The Labute approximate surface area is 169 Å². The first-order valence-electron chi connectivity index (χ1n) is 10.2. The number of halogens is 2. The Morgan fingerprint density at radius 3 is 2.76 bits per heavy atom. The number of hydrogen-bond donors (Lipinski definition) is 2. The highest BCUT2D eigenvalue weighted by Crippen LogP contribution is 2.34. The predicted octanol–water partition coefficient (Wildman–Crippen LogP) is 3.29. The molecule has 3 rings (SSSR count). The molecule has 0 aliphatic heterocycles. The Bertz CT molecular complexity index is 810. The molecular formula is C21H29F2N3O3. The molecule has 0 radical (unpaired) electrons. The third-order valence-electron chi connectivity index (χ3n) is 5.50. The van der Waals surface area contributed by atoms with Gasteiger partial charge < -0.3 is 14.9 Å². The first-order chi connectivity index (χ1) is 14.0. The van der Waals surface area contributed by atoms with Gasteiger partial charge in [-0.15, -0.1) is 5.10 Å². The van der Waals surface area contributed by atoms with Crippen molar-refractivity contribution >= 4 is 0 Å². The summed E-state index contributed by atoms with van der Waals surface area (Å²) in [5.74, 6) is 0.157. The largest absolute Gasteiger partial charge is 0.490 e. The molecule has 0 amide bonds. The maximum atomic E-state index is 14.1. The summed E-state index contributed by atoms with van der Waals surface area (Å²) in [4.78, 5) is 0. The lowest BCUT2D eigenvalue weighted by Crippen LogP contribution is -2.32. The van der Waals surface area contributed by atoms with Crippen LogP contribution in [-0.2, 0) is 25.2 Å². The van der Waals surface area contributed by atoms with E-state index in [2.05, 4.69) is 10.3 Å². The highest BCUT2D eigenvalue weighted by atomic mass is 19.1. The highest BCUT2D eigenvalue weighted by molar-refractivity contribution is 5.34. The smallest absolute Gasteiger partial charge is 0.165 e. The molecule has 1 heterocycles. The lowest BCUT2D eigenvalue weighted by molar-refractivity contribution is 0.00937. The Kier molecular flexibility index (Phi) is 7.18. The van der Waals surface area contributed by atoms with E-state index in [4.69, 9.17) is 9.84 Å². The third-order valence-corrected chi connectivity index (χ3v) is 5.50. The Morgan fingerprint density at radius 1 is 1.31 bits per heavy atom. The molecule has 1 atom stereocenters. The van der Waals surface area contributed by atoms with Crippen molar-refractivity contribution < 1.29 is 23.7 Å². The molecule has 8 heteroatoms. The fourth-order valence-electron chi connectivity index (χ4n) is 3.33. The number of rotatable bonds is 12. The van der Waals surface area contributed by atoms with Gasteiger partial charge in [0.15, 0.2) is 11.6 Å². The number of aliphatic hydroxyl groups excluding tert-OH is 1. The van der Waals surface area contributed by atoms with Gasteiger partial charge in [0.25, 0.3) is 0 Å². The number of alkyl halides is 1. The zero-order valence-electron chi connectivity index (χ0n) is 16.8. The number of unbranched alkanes of at least 4 members (excludes halogenated alkanes) is 1. The van der Waals surface area contributed by atoms with Crippen LogP contribution in [0.5, 0.6) is 5.75 Å². The summed E-state index contributed by atoms with van der Waals surface area (Å²) in [6.07, 6.45) is 4.31. The first kappa shape index (κ1) is 21.6. The molecule has 2 N–H and O–H groups in total. The molecule has 1 fully saturated rings. The SMILES string of the molecule is CC[C@@](O)(Cn1nnc(CF)c1CCCCO)c1ccc(F)c(OCC2CC2)c1. The van der Waals surface area contributed by atoms with Gasteiger partial charge in [0, 0.05) is 6.61 Å². The number of hydrogen-bond acceptors (Lipinski definition) is 5. The van der Waals surface area contributed by atoms with Crippen molar-refractivity contribution in [3.8, 4) is 5.75 Å². The van der Waals surface area contributed by atoms with Gasteiger partial charge in [-0.1, -0.05) is 18.2 Å². The number of benzene rings is 1. The van der Waals surface area contributed by atoms with E-state index in [9.17, 15) is 13.9 Å². The third kappa shape index (κ3) is 5.30. The van der Waals surface area contributed by atoms with Crippen molar-refractivity contribution in [1.82, 2.24) is 15.0 Å². The number of aromatic nitrogens is 3. The Hall–Kier alpha value is -2.06. The summed E-state index contributed by atoms with van der Waals surface area (Å²) in [5.41, 5.74) is 0.0400. The van der Waals surface area contributed by atoms with Crippen LogP contribution in [0.15, 0.2) is 18.2 Å². The van der Waals surface area contributed by atoms with Gasteiger partial charge in [-0.2, -0.15) is 0 Å². The van der Waals surface area contributed by atoms with Crippen molar-refractivity contribution in [1.29, 1.82) is 0 Å². The molecule has 29 heavy (non-hydrogen) atoms. The summed E-state index contributed by atoms with van der Waals surface area (Å²) < 4.78 is 34.6. The molecule has 2 aromatic rings. The second-order valence-corrected chi connectivity index (χ2v) is 7.74. The second kappa shape index (κ2) is 9.63. The van der Waals surface area contributed by atoms with E-state index in [0.29, 0.717) is 49.5 Å². The van der Waals surface area contributed by atoms with Crippen LogP contribution in [0, 0.1) is 11.7 Å². The second-order valence-electron chi connectivity index (χ2n) is 7.74. The minimum absolute atomic E-state index is 0.0602. The molecule has 0 spiro atoms. The van der Waals surface area contributed by atoms with Crippen LogP contribution in [0.3, 0.4) is 0 Å². The normalized spacial score (nSPS) is 16.0. The summed E-state index contributed by atoms with van der Waals surface area (Å²) in [6, 6.07) is 4.38. The minimum Gasteiger partial charge on any atom is -0.490 e. The number of aliphatic hydroxyl groups is 2. The lowest BCUT2D eigenvalue weighted by atomic mass is 9.90. The standard InChI is InChI=1S/C21H29F2N3O3/c1-2-21(28,14-26-19(5-3-4-10-27)18(12-22)24-25-26)16-8-9-17(23)20(11-16)29-13-15-6-7-15/h8-9,11,15,27-28H,2-7,10,12-14H2,1H3/t21-/m1/s1. The lowest BCUT2D eigenvalue weighted by Gasteiger charge is -2.28. The van der Waals surface area contributed by atoms with Gasteiger partial charge in [-0.25, -0.2) is 13.5 Å². The van der Waals surface area contributed by atoms with Crippen molar-refractivity contribution in [3.05, 3.63) is 41.0 Å². The summed E-state index contributed by atoms with van der Waals surface area (Å²) in [7, 11) is 0. The Morgan fingerprint density at radius 2 is 2.10 bits per heavy atom. The fraction of sp³-hybridized carbons (Fsp3) is 0.619. The fourth-order valence-corrected chi connectivity index (χ4v) is 3.33. The van der Waals surface area contributed by atoms with E-state index in [-0.39, 0.29) is 24.6 Å². The van der Waals surface area contributed by atoms with E-state index < -0.39 is 18.1 Å². The summed E-state index contributed by atoms with van der Waals surface area (Å²) >= 11 is 0. The van der Waals surface area contributed by atoms with E-state index in [1.807, 2.05) is 6.92 Å². The van der Waals surface area contributed by atoms with Crippen molar-refractivity contribution in [2.75, 3.05) is 13.2 Å². The van der Waals surface area contributed by atoms with E-state index in [1.54, 1.807) is 12.1 Å². The quantitative estimate of drug-likeness (QED) is 0.526. The monoisotopic (exact) mass is 409 g/mol. The van der Waals surface area contributed by atoms with Crippen molar-refractivity contribution in [3.63, 3.8) is 0 Å². The molecule has 0 bridgehead atoms. The zero-order valence-corrected chi connectivity index (χ0v) is 16.8. The molecule has 1 aliphatic rings. The molecule has 1 aromatic carbocycles. The van der Waals surface area contributed by atoms with Crippen molar-refractivity contribution in [2.24, 2.45) is 5.92 Å². The van der Waals surface area contributed by atoms with Crippen LogP contribution >= 0.6 is 0 Å². The van der Waals surface area contributed by atoms with Crippen LogP contribution in [0.25, 0.3) is 0 Å². The van der Waals surface area contributed by atoms with E-state index >= 15 is 0 Å². The van der Waals surface area contributed by atoms with Gasteiger partial charge in [-0.3, -0.25) is 0 Å². The molecule has 160 valence electrons. The van der Waals surface area contributed by atoms with Gasteiger partial charge in [-0.05, 0) is 62.1 Å². The molecule has 1 saturated carbocycles. The van der Waals surface area contributed by atoms with Crippen LogP contribution in [-0.4, -0.2) is 38.4 Å². The molecule has 0 saturated heterocycles. The molecule has 1 aliphatic carbocycles. The van der Waals surface area contributed by atoms with E-state index in [0.717, 1.165) is 12.8 Å². The van der Waals surface area contributed by atoms with Gasteiger partial charge in [0.2, 0.25) is 0 Å². The predicted molar refractivity (Wildman–Crippen MR) is 104 cm³/mol. The summed E-state index contributed by atoms with van der Waals surface area (Å²) in [6.45, 7) is 1.69. The topological polar surface area (TPSA) is 80.4 Å². The summed E-state index contributed by atoms with van der Waals surface area (Å²) in [5, 5.41) is 28.3. The van der Waals surface area contributed by atoms with Gasteiger partial charge in [0.1, 0.15) is 18.0 Å². The van der Waals surface area contributed by atoms with Crippen molar-refractivity contribution in [2.45, 2.75) is 64.3 Å². The maximum Gasteiger partial charge on any atom is 0.165 e. The average molecular weight is 409 g/mol. The van der Waals surface area contributed by atoms with Crippen LogP contribution < -0.4 is 4.74 Å². The van der Waals surface area contributed by atoms with Crippen LogP contribution in [0.4, 0.5) is 8.78 Å². The highest BCUT2D eigenvalue weighted by Gasteiger charge is 2.31. The van der Waals surface area contributed by atoms with E-state index in [1.165, 1.54) is 10.7 Å². The van der Waals surface area contributed by atoms with Crippen LogP contribution in [0.2, 0.25) is 0 Å². The maximum absolute atomic E-state index is 14.1. The molecule has 6 nitrogen and oxygen atoms in total. The van der Waals surface area contributed by atoms with Gasteiger partial charge in [0.05, 0.1) is 18.8 Å². The van der Waals surface area contributed by atoms with Gasteiger partial charge >= 0.3 is 0 Å². The number of ether oxygens (including phenoxy) is 1. The number of nitrogens with zero attached hydrogens (tertiary/aromatic N) is 3. The molecule has 1 aromatic heterocycles. The molecular weight excluding hydrogens is 380 g/mol. The zero-order chi connectivity index (χ0) is 20.9.